The number of rotatable bonds is 2. The summed E-state index contributed by atoms with van der Waals surface area (Å²) in [5, 5.41) is 5.23. The molecule has 0 unspecified atom stereocenters. The number of hydrogen-bond acceptors (Lipinski definition) is 4. The lowest BCUT2D eigenvalue weighted by atomic mass is 10.0. The van der Waals surface area contributed by atoms with Crippen LogP contribution in [0.4, 0.5) is 10.2 Å². The summed E-state index contributed by atoms with van der Waals surface area (Å²) in [6.07, 6.45) is 5.52. The molecule has 112 valence electrons. The molecule has 0 bridgehead atoms. The first-order chi connectivity index (χ1) is 10.7. The van der Waals surface area contributed by atoms with Crippen molar-refractivity contribution in [3.8, 4) is 0 Å². The van der Waals surface area contributed by atoms with Crippen molar-refractivity contribution in [1.29, 1.82) is 0 Å². The van der Waals surface area contributed by atoms with Crippen LogP contribution in [-0.2, 0) is 7.05 Å². The quantitative estimate of drug-likeness (QED) is 0.730. The molecule has 1 saturated heterocycles. The number of benzene rings is 1. The van der Waals surface area contributed by atoms with Crippen LogP contribution >= 0.6 is 0 Å². The van der Waals surface area contributed by atoms with Gasteiger partial charge in [0.2, 0.25) is 0 Å². The predicted octanol–water partition coefficient (Wildman–Crippen LogP) is 2.84. The number of aryl methyl sites for hydroxylation is 1. The Morgan fingerprint density at radius 2 is 2.00 bits per heavy atom. The zero-order valence-electron chi connectivity index (χ0n) is 12.3. The summed E-state index contributed by atoms with van der Waals surface area (Å²) in [4.78, 5) is 11.1. The van der Waals surface area contributed by atoms with E-state index in [0.29, 0.717) is 0 Å². The summed E-state index contributed by atoms with van der Waals surface area (Å²) < 4.78 is 14.9. The van der Waals surface area contributed by atoms with E-state index >= 15 is 0 Å². The van der Waals surface area contributed by atoms with Gasteiger partial charge in [-0.2, -0.15) is 5.10 Å². The first kappa shape index (κ1) is 13.2. The van der Waals surface area contributed by atoms with Crippen molar-refractivity contribution < 1.29 is 4.39 Å². The minimum atomic E-state index is -0.204. The normalized spacial score (nSPS) is 18.3. The van der Waals surface area contributed by atoms with Crippen LogP contribution in [0.3, 0.4) is 0 Å². The fraction of sp³-hybridized carbons (Fsp3) is 0.312. The molecule has 1 atom stereocenters. The third-order valence-corrected chi connectivity index (χ3v) is 4.29. The summed E-state index contributed by atoms with van der Waals surface area (Å²) in [6, 6.07) is 6.98. The molecule has 22 heavy (non-hydrogen) atoms. The largest absolute Gasteiger partial charge is 0.349 e. The monoisotopic (exact) mass is 297 g/mol. The average molecular weight is 297 g/mol. The minimum Gasteiger partial charge on any atom is -0.349 e. The maximum absolute atomic E-state index is 13.2. The van der Waals surface area contributed by atoms with Gasteiger partial charge in [-0.1, -0.05) is 12.1 Å². The van der Waals surface area contributed by atoms with Crippen LogP contribution in [0.25, 0.3) is 11.0 Å². The third kappa shape index (κ3) is 2.03. The Bertz CT molecular complexity index is 811. The summed E-state index contributed by atoms with van der Waals surface area (Å²) >= 11 is 0. The molecule has 2 aromatic heterocycles. The molecule has 0 radical (unpaired) electrons. The van der Waals surface area contributed by atoms with Crippen LogP contribution in [0.15, 0.2) is 36.8 Å². The number of anilines is 1. The van der Waals surface area contributed by atoms with E-state index in [2.05, 4.69) is 20.0 Å². The molecular weight excluding hydrogens is 281 g/mol. The minimum absolute atomic E-state index is 0.204. The van der Waals surface area contributed by atoms with Gasteiger partial charge in [0.15, 0.2) is 5.65 Å². The second kappa shape index (κ2) is 5.05. The summed E-state index contributed by atoms with van der Waals surface area (Å²) in [6.45, 7) is 0.934. The summed E-state index contributed by atoms with van der Waals surface area (Å²) in [5.41, 5.74) is 1.95. The van der Waals surface area contributed by atoms with Gasteiger partial charge in [-0.3, -0.25) is 4.68 Å². The Kier molecular flexibility index (Phi) is 3.03. The zero-order chi connectivity index (χ0) is 15.1. The highest BCUT2D eigenvalue weighted by molar-refractivity contribution is 5.87. The van der Waals surface area contributed by atoms with Gasteiger partial charge in [-0.05, 0) is 30.5 Å². The Balaban J connectivity index is 1.78. The molecule has 0 spiro atoms. The van der Waals surface area contributed by atoms with Crippen LogP contribution in [0, 0.1) is 5.82 Å². The van der Waals surface area contributed by atoms with E-state index in [0.717, 1.165) is 41.8 Å². The molecule has 0 aliphatic carbocycles. The smallest absolute Gasteiger partial charge is 0.163 e. The van der Waals surface area contributed by atoms with Gasteiger partial charge in [0.1, 0.15) is 18.0 Å². The number of hydrogen-bond donors (Lipinski definition) is 0. The van der Waals surface area contributed by atoms with Crippen LogP contribution in [-0.4, -0.2) is 26.3 Å². The topological polar surface area (TPSA) is 46.8 Å². The predicted molar refractivity (Wildman–Crippen MR) is 82.0 cm³/mol. The van der Waals surface area contributed by atoms with Gasteiger partial charge in [0.25, 0.3) is 0 Å². The van der Waals surface area contributed by atoms with Crippen molar-refractivity contribution in [2.24, 2.45) is 7.05 Å². The van der Waals surface area contributed by atoms with Gasteiger partial charge in [0, 0.05) is 13.6 Å². The van der Waals surface area contributed by atoms with Gasteiger partial charge in [0.05, 0.1) is 17.6 Å². The molecule has 6 heteroatoms. The van der Waals surface area contributed by atoms with Gasteiger partial charge in [-0.25, -0.2) is 14.4 Å². The van der Waals surface area contributed by atoms with Crippen molar-refractivity contribution in [1.82, 2.24) is 19.7 Å². The van der Waals surface area contributed by atoms with E-state index in [9.17, 15) is 4.39 Å². The van der Waals surface area contributed by atoms with Crippen LogP contribution in [0.1, 0.15) is 24.4 Å². The van der Waals surface area contributed by atoms with Crippen molar-refractivity contribution in [3.63, 3.8) is 0 Å². The standard InChI is InChI=1S/C16H16FN5/c1-21-15-13(9-20-21)16(19-10-18-15)22-8-2-3-14(22)11-4-6-12(17)7-5-11/h4-7,9-10,14H,2-3,8H2,1H3/t14-/m0/s1. The number of aromatic nitrogens is 4. The third-order valence-electron chi connectivity index (χ3n) is 4.29. The average Bonchev–Trinajstić information content (AvgIpc) is 3.15. The Labute approximate surface area is 127 Å². The van der Waals surface area contributed by atoms with Crippen molar-refractivity contribution in [2.75, 3.05) is 11.4 Å². The van der Waals surface area contributed by atoms with E-state index in [1.165, 1.54) is 12.1 Å². The molecule has 1 aliphatic heterocycles. The lowest BCUT2D eigenvalue weighted by Crippen LogP contribution is -2.23. The first-order valence-electron chi connectivity index (χ1n) is 7.39. The van der Waals surface area contributed by atoms with E-state index < -0.39 is 0 Å². The number of nitrogens with zero attached hydrogens (tertiary/aromatic N) is 5. The molecule has 0 saturated carbocycles. The summed E-state index contributed by atoms with van der Waals surface area (Å²) in [7, 11) is 1.88. The van der Waals surface area contributed by atoms with Crippen molar-refractivity contribution in [3.05, 3.63) is 48.2 Å². The molecular formula is C16H16FN5. The van der Waals surface area contributed by atoms with E-state index in [1.54, 1.807) is 11.0 Å². The molecule has 5 nitrogen and oxygen atoms in total. The van der Waals surface area contributed by atoms with Crippen molar-refractivity contribution >= 4 is 16.9 Å². The van der Waals surface area contributed by atoms with Crippen molar-refractivity contribution in [2.45, 2.75) is 18.9 Å². The second-order valence-electron chi connectivity index (χ2n) is 5.61. The molecule has 0 N–H and O–H groups in total. The van der Waals surface area contributed by atoms with Crippen LogP contribution < -0.4 is 4.90 Å². The highest BCUT2D eigenvalue weighted by Gasteiger charge is 2.28. The van der Waals surface area contributed by atoms with Crippen LogP contribution in [0.5, 0.6) is 0 Å². The summed E-state index contributed by atoms with van der Waals surface area (Å²) in [5.74, 6) is 0.704. The lowest BCUT2D eigenvalue weighted by Gasteiger charge is -2.26. The molecule has 3 heterocycles. The maximum Gasteiger partial charge on any atom is 0.163 e. The van der Waals surface area contributed by atoms with Gasteiger partial charge < -0.3 is 4.90 Å². The molecule has 1 aliphatic rings. The van der Waals surface area contributed by atoms with E-state index in [1.807, 2.05) is 25.4 Å². The molecule has 1 fully saturated rings. The van der Waals surface area contributed by atoms with Gasteiger partial charge >= 0.3 is 0 Å². The molecule has 3 aromatic rings. The number of fused-ring (bicyclic) bond motifs is 1. The fourth-order valence-electron chi connectivity index (χ4n) is 3.23. The maximum atomic E-state index is 13.2. The SMILES string of the molecule is Cn1ncc2c(N3CCC[C@H]3c3ccc(F)cc3)ncnc21. The molecule has 0 amide bonds. The zero-order valence-corrected chi connectivity index (χ0v) is 12.3. The highest BCUT2D eigenvalue weighted by atomic mass is 19.1. The van der Waals surface area contributed by atoms with E-state index in [-0.39, 0.29) is 11.9 Å². The van der Waals surface area contributed by atoms with Crippen LogP contribution in [0.2, 0.25) is 0 Å². The van der Waals surface area contributed by atoms with Gasteiger partial charge in [-0.15, -0.1) is 0 Å². The molecule has 4 rings (SSSR count). The second-order valence-corrected chi connectivity index (χ2v) is 5.61. The van der Waals surface area contributed by atoms with E-state index in [4.69, 9.17) is 0 Å². The number of halogens is 1. The highest BCUT2D eigenvalue weighted by Crippen LogP contribution is 2.37. The Morgan fingerprint density at radius 1 is 1.18 bits per heavy atom. The Hall–Kier alpha value is -2.50. The molecule has 1 aromatic carbocycles. The fourth-order valence-corrected chi connectivity index (χ4v) is 3.23. The lowest BCUT2D eigenvalue weighted by molar-refractivity contribution is 0.624. The Morgan fingerprint density at radius 3 is 2.82 bits per heavy atom. The first-order valence-corrected chi connectivity index (χ1v) is 7.39.